The molecule has 0 aromatic carbocycles. The molecule has 0 bridgehead atoms. The van der Waals surface area contributed by atoms with Gasteiger partial charge in [0, 0.05) is 12.0 Å². The molecule has 0 aromatic rings. The maximum absolute atomic E-state index is 11.1. The first-order valence-corrected chi connectivity index (χ1v) is 6.22. The van der Waals surface area contributed by atoms with Gasteiger partial charge in [0.05, 0.1) is 6.54 Å². The minimum Gasteiger partial charge on any atom is -0.441 e. The zero-order valence-electron chi connectivity index (χ0n) is 10.5. The summed E-state index contributed by atoms with van der Waals surface area (Å²) in [7, 11) is 0. The number of ether oxygens (including phenoxy) is 1. The average Bonchev–Trinajstić information content (AvgIpc) is 2.60. The number of alkyl carbamates (subject to hydrolysis) is 1. The molecule has 1 unspecified atom stereocenters. The molecule has 4 heteroatoms. The van der Waals surface area contributed by atoms with Gasteiger partial charge in [-0.05, 0) is 46.7 Å². The van der Waals surface area contributed by atoms with Crippen molar-refractivity contribution in [3.63, 3.8) is 0 Å². The molecule has 2 aliphatic heterocycles. The molecule has 16 heavy (non-hydrogen) atoms. The van der Waals surface area contributed by atoms with Gasteiger partial charge in [0.25, 0.3) is 0 Å². The van der Waals surface area contributed by atoms with Gasteiger partial charge in [0.15, 0.2) is 0 Å². The van der Waals surface area contributed by atoms with E-state index in [1.807, 2.05) is 0 Å². The fourth-order valence-electron chi connectivity index (χ4n) is 2.79. The normalized spacial score (nSPS) is 32.9. The molecule has 2 saturated heterocycles. The van der Waals surface area contributed by atoms with E-state index in [1.54, 1.807) is 0 Å². The van der Waals surface area contributed by atoms with Crippen LogP contribution in [0.15, 0.2) is 0 Å². The van der Waals surface area contributed by atoms with Crippen LogP contribution in [0.1, 0.15) is 33.6 Å². The summed E-state index contributed by atoms with van der Waals surface area (Å²) >= 11 is 0. The van der Waals surface area contributed by atoms with Crippen LogP contribution in [0.3, 0.4) is 0 Å². The molecule has 2 fully saturated rings. The third-order valence-corrected chi connectivity index (χ3v) is 4.03. The molecule has 1 N–H and O–H groups in total. The average molecular weight is 226 g/mol. The fourth-order valence-corrected chi connectivity index (χ4v) is 2.79. The van der Waals surface area contributed by atoms with Crippen molar-refractivity contribution in [2.75, 3.05) is 19.6 Å². The highest BCUT2D eigenvalue weighted by Gasteiger charge is 2.43. The summed E-state index contributed by atoms with van der Waals surface area (Å²) in [5.74, 6) is 0.501. The molecule has 0 radical (unpaired) electrons. The van der Waals surface area contributed by atoms with E-state index in [9.17, 15) is 4.79 Å². The predicted octanol–water partition coefficient (Wildman–Crippen LogP) is 1.61. The number of nitrogens with zero attached hydrogens (tertiary/aromatic N) is 1. The zero-order valence-corrected chi connectivity index (χ0v) is 10.5. The molecule has 1 atom stereocenters. The molecule has 0 aromatic heterocycles. The standard InChI is InChI=1S/C12H22N2O2/c1-9(2)14-6-4-10(5-7-14)12(3)8-13-11(15)16-12/h9-10H,4-8H2,1-3H3,(H,13,15). The Morgan fingerprint density at radius 3 is 2.50 bits per heavy atom. The molecule has 2 rings (SSSR count). The van der Waals surface area contributed by atoms with Crippen LogP contribution in [0.25, 0.3) is 0 Å². The molecule has 2 heterocycles. The Morgan fingerprint density at radius 1 is 1.44 bits per heavy atom. The highest BCUT2D eigenvalue weighted by molar-refractivity contribution is 5.70. The summed E-state index contributed by atoms with van der Waals surface area (Å²) in [6.07, 6.45) is 2.00. The van der Waals surface area contributed by atoms with Crippen molar-refractivity contribution in [2.24, 2.45) is 5.92 Å². The van der Waals surface area contributed by atoms with E-state index >= 15 is 0 Å². The van der Waals surface area contributed by atoms with Gasteiger partial charge in [-0.1, -0.05) is 0 Å². The van der Waals surface area contributed by atoms with Crippen molar-refractivity contribution in [1.29, 1.82) is 0 Å². The minimum absolute atomic E-state index is 0.256. The fraction of sp³-hybridized carbons (Fsp3) is 0.917. The number of carbonyl (C=O) groups is 1. The van der Waals surface area contributed by atoms with E-state index in [-0.39, 0.29) is 11.7 Å². The largest absolute Gasteiger partial charge is 0.441 e. The van der Waals surface area contributed by atoms with E-state index < -0.39 is 0 Å². The quantitative estimate of drug-likeness (QED) is 0.777. The van der Waals surface area contributed by atoms with Gasteiger partial charge in [-0.15, -0.1) is 0 Å². The smallest absolute Gasteiger partial charge is 0.407 e. The molecule has 4 nitrogen and oxygen atoms in total. The van der Waals surface area contributed by atoms with Crippen molar-refractivity contribution in [1.82, 2.24) is 10.2 Å². The Kier molecular flexibility index (Phi) is 3.10. The van der Waals surface area contributed by atoms with Gasteiger partial charge in [0.1, 0.15) is 5.60 Å². The highest BCUT2D eigenvalue weighted by Crippen LogP contribution is 2.33. The Bertz CT molecular complexity index is 272. The third-order valence-electron chi connectivity index (χ3n) is 4.03. The van der Waals surface area contributed by atoms with Crippen LogP contribution in [0.4, 0.5) is 4.79 Å². The van der Waals surface area contributed by atoms with Crippen molar-refractivity contribution in [3.05, 3.63) is 0 Å². The van der Waals surface area contributed by atoms with E-state index in [0.29, 0.717) is 18.5 Å². The number of piperidine rings is 1. The maximum Gasteiger partial charge on any atom is 0.407 e. The summed E-state index contributed by atoms with van der Waals surface area (Å²) in [5, 5.41) is 2.77. The van der Waals surface area contributed by atoms with Crippen molar-refractivity contribution in [3.8, 4) is 0 Å². The first kappa shape index (κ1) is 11.7. The van der Waals surface area contributed by atoms with Crippen LogP contribution in [0.2, 0.25) is 0 Å². The lowest BCUT2D eigenvalue weighted by Gasteiger charge is -2.40. The zero-order chi connectivity index (χ0) is 11.8. The van der Waals surface area contributed by atoms with Crippen LogP contribution in [0, 0.1) is 5.92 Å². The summed E-state index contributed by atoms with van der Waals surface area (Å²) in [4.78, 5) is 13.6. The number of carbonyl (C=O) groups excluding carboxylic acids is 1. The second kappa shape index (κ2) is 4.24. The van der Waals surface area contributed by atoms with Gasteiger partial charge < -0.3 is 15.0 Å². The minimum atomic E-state index is -0.278. The first-order chi connectivity index (χ1) is 7.51. The van der Waals surface area contributed by atoms with Crippen LogP contribution in [-0.2, 0) is 4.74 Å². The number of hydrogen-bond donors (Lipinski definition) is 1. The number of likely N-dealkylation sites (tertiary alicyclic amines) is 1. The lowest BCUT2D eigenvalue weighted by Crippen LogP contribution is -2.47. The monoisotopic (exact) mass is 226 g/mol. The van der Waals surface area contributed by atoms with Crippen LogP contribution >= 0.6 is 0 Å². The number of rotatable bonds is 2. The lowest BCUT2D eigenvalue weighted by atomic mass is 9.81. The molecule has 2 aliphatic rings. The lowest BCUT2D eigenvalue weighted by molar-refractivity contribution is -0.00986. The second-order valence-corrected chi connectivity index (χ2v) is 5.46. The Labute approximate surface area is 97.3 Å². The molecular formula is C12H22N2O2. The summed E-state index contributed by atoms with van der Waals surface area (Å²) < 4.78 is 5.42. The number of nitrogens with one attached hydrogen (secondary N) is 1. The Balaban J connectivity index is 1.91. The van der Waals surface area contributed by atoms with Crippen molar-refractivity contribution in [2.45, 2.75) is 45.3 Å². The number of cyclic esters (lactones) is 1. The maximum atomic E-state index is 11.1. The Morgan fingerprint density at radius 2 is 2.06 bits per heavy atom. The van der Waals surface area contributed by atoms with Crippen molar-refractivity contribution < 1.29 is 9.53 Å². The summed E-state index contributed by atoms with van der Waals surface area (Å²) in [6, 6.07) is 0.623. The molecule has 0 saturated carbocycles. The molecular weight excluding hydrogens is 204 g/mol. The van der Waals surface area contributed by atoms with Gasteiger partial charge in [0.2, 0.25) is 0 Å². The predicted molar refractivity (Wildman–Crippen MR) is 62.3 cm³/mol. The first-order valence-electron chi connectivity index (χ1n) is 6.22. The van der Waals surface area contributed by atoms with Crippen LogP contribution < -0.4 is 5.32 Å². The van der Waals surface area contributed by atoms with E-state index in [1.165, 1.54) is 0 Å². The van der Waals surface area contributed by atoms with Crippen molar-refractivity contribution >= 4 is 6.09 Å². The topological polar surface area (TPSA) is 41.6 Å². The third kappa shape index (κ3) is 2.17. The van der Waals surface area contributed by atoms with Gasteiger partial charge in [-0.3, -0.25) is 0 Å². The molecule has 0 spiro atoms. The van der Waals surface area contributed by atoms with E-state index in [0.717, 1.165) is 25.9 Å². The molecule has 92 valence electrons. The van der Waals surface area contributed by atoms with Gasteiger partial charge >= 0.3 is 6.09 Å². The SMILES string of the molecule is CC(C)N1CCC(C2(C)CNC(=O)O2)CC1. The second-order valence-electron chi connectivity index (χ2n) is 5.46. The molecule has 0 aliphatic carbocycles. The number of hydrogen-bond acceptors (Lipinski definition) is 3. The van der Waals surface area contributed by atoms with E-state index in [2.05, 4.69) is 31.0 Å². The van der Waals surface area contributed by atoms with Gasteiger partial charge in [-0.25, -0.2) is 4.79 Å². The van der Waals surface area contributed by atoms with E-state index in [4.69, 9.17) is 4.74 Å². The van der Waals surface area contributed by atoms with Gasteiger partial charge in [-0.2, -0.15) is 0 Å². The highest BCUT2D eigenvalue weighted by atomic mass is 16.6. The summed E-state index contributed by atoms with van der Waals surface area (Å²) in [6.45, 7) is 9.43. The van der Waals surface area contributed by atoms with Crippen LogP contribution in [0.5, 0.6) is 0 Å². The molecule has 1 amide bonds. The number of amides is 1. The summed E-state index contributed by atoms with van der Waals surface area (Å²) in [5.41, 5.74) is -0.278. The van der Waals surface area contributed by atoms with Crippen LogP contribution in [-0.4, -0.2) is 42.3 Å². The Hall–Kier alpha value is -0.770.